The lowest BCUT2D eigenvalue weighted by atomic mass is 10.1. The molecule has 2 N–H and O–H groups in total. The fourth-order valence-electron chi connectivity index (χ4n) is 0.975. The van der Waals surface area contributed by atoms with Crippen LogP contribution in [0.3, 0.4) is 0 Å². The molecule has 0 saturated carbocycles. The molecule has 0 bridgehead atoms. The average molecular weight is 218 g/mol. The van der Waals surface area contributed by atoms with E-state index in [9.17, 15) is 0 Å². The Morgan fingerprint density at radius 1 is 1.43 bits per heavy atom. The van der Waals surface area contributed by atoms with Crippen LogP contribution in [-0.2, 0) is 4.74 Å². The van der Waals surface area contributed by atoms with Crippen molar-refractivity contribution in [2.45, 2.75) is 32.3 Å². The van der Waals surface area contributed by atoms with Gasteiger partial charge in [0.05, 0.1) is 10.6 Å². The van der Waals surface area contributed by atoms with Gasteiger partial charge in [0, 0.05) is 26.6 Å². The number of thiocarbonyl (C=S) groups is 1. The van der Waals surface area contributed by atoms with Crippen molar-refractivity contribution in [2.75, 3.05) is 27.2 Å². The molecule has 0 aliphatic carbocycles. The van der Waals surface area contributed by atoms with E-state index in [1.54, 1.807) is 7.11 Å². The summed E-state index contributed by atoms with van der Waals surface area (Å²) in [5, 5.41) is 0. The largest absolute Gasteiger partial charge is 0.393 e. The standard InChI is InChI=1S/C10H22N2OS/c1-10(2,13-4)6-8-12(3)7-5-9(11)14/h5-8H2,1-4H3,(H2,11,14). The normalized spacial score (nSPS) is 12.1. The lowest BCUT2D eigenvalue weighted by molar-refractivity contribution is 0.00931. The smallest absolute Gasteiger partial charge is 0.0740 e. The van der Waals surface area contributed by atoms with Crippen LogP contribution in [-0.4, -0.2) is 42.7 Å². The fourth-order valence-corrected chi connectivity index (χ4v) is 1.07. The van der Waals surface area contributed by atoms with E-state index in [1.165, 1.54) is 0 Å². The maximum absolute atomic E-state index is 5.43. The van der Waals surface area contributed by atoms with Crippen LogP contribution in [0, 0.1) is 0 Å². The maximum Gasteiger partial charge on any atom is 0.0740 e. The van der Waals surface area contributed by atoms with Crippen molar-refractivity contribution >= 4 is 17.2 Å². The van der Waals surface area contributed by atoms with Crippen LogP contribution in [0.1, 0.15) is 26.7 Å². The fraction of sp³-hybridized carbons (Fsp3) is 0.900. The second kappa shape index (κ2) is 6.32. The molecule has 84 valence electrons. The molecule has 0 fully saturated rings. The third kappa shape index (κ3) is 7.24. The van der Waals surface area contributed by atoms with E-state index < -0.39 is 0 Å². The Labute approximate surface area is 92.6 Å². The Bertz CT molecular complexity index is 183. The molecule has 0 heterocycles. The van der Waals surface area contributed by atoms with Gasteiger partial charge in [-0.3, -0.25) is 0 Å². The summed E-state index contributed by atoms with van der Waals surface area (Å²) in [6, 6.07) is 0. The molecule has 0 amide bonds. The third-order valence-corrected chi connectivity index (χ3v) is 2.59. The first kappa shape index (κ1) is 13.8. The van der Waals surface area contributed by atoms with Crippen LogP contribution < -0.4 is 5.73 Å². The summed E-state index contributed by atoms with van der Waals surface area (Å²) >= 11 is 4.82. The molecule has 0 radical (unpaired) electrons. The molecule has 0 aliphatic rings. The first-order valence-corrected chi connectivity index (χ1v) is 5.30. The minimum Gasteiger partial charge on any atom is -0.393 e. The van der Waals surface area contributed by atoms with Gasteiger partial charge in [-0.05, 0) is 27.3 Å². The Balaban J connectivity index is 3.63. The van der Waals surface area contributed by atoms with E-state index in [4.69, 9.17) is 22.7 Å². The summed E-state index contributed by atoms with van der Waals surface area (Å²) in [5.41, 5.74) is 5.38. The Morgan fingerprint density at radius 2 is 2.00 bits per heavy atom. The molecular weight excluding hydrogens is 196 g/mol. The van der Waals surface area contributed by atoms with E-state index in [-0.39, 0.29) is 5.60 Å². The van der Waals surface area contributed by atoms with Crippen molar-refractivity contribution in [1.29, 1.82) is 0 Å². The predicted molar refractivity (Wildman–Crippen MR) is 64.6 cm³/mol. The van der Waals surface area contributed by atoms with Crippen LogP contribution in [0.4, 0.5) is 0 Å². The average Bonchev–Trinajstić information content (AvgIpc) is 2.11. The topological polar surface area (TPSA) is 38.5 Å². The molecule has 0 aromatic carbocycles. The van der Waals surface area contributed by atoms with E-state index in [0.717, 1.165) is 25.9 Å². The number of hydrogen-bond acceptors (Lipinski definition) is 3. The zero-order valence-corrected chi connectivity index (χ0v) is 10.5. The zero-order chi connectivity index (χ0) is 11.2. The van der Waals surface area contributed by atoms with Gasteiger partial charge in [-0.15, -0.1) is 0 Å². The van der Waals surface area contributed by atoms with Crippen LogP contribution >= 0.6 is 12.2 Å². The highest BCUT2D eigenvalue weighted by Gasteiger charge is 2.16. The summed E-state index contributed by atoms with van der Waals surface area (Å²) in [7, 11) is 3.82. The molecule has 0 aromatic rings. The molecule has 4 heteroatoms. The maximum atomic E-state index is 5.43. The monoisotopic (exact) mass is 218 g/mol. The first-order valence-electron chi connectivity index (χ1n) is 4.89. The molecule has 0 aromatic heterocycles. The molecule has 0 unspecified atom stereocenters. The summed E-state index contributed by atoms with van der Waals surface area (Å²) in [4.78, 5) is 2.81. The van der Waals surface area contributed by atoms with Gasteiger partial charge in [-0.2, -0.15) is 0 Å². The number of ether oxygens (including phenoxy) is 1. The Kier molecular flexibility index (Phi) is 6.24. The number of nitrogens with two attached hydrogens (primary N) is 1. The van der Waals surface area contributed by atoms with Crippen LogP contribution in [0.2, 0.25) is 0 Å². The molecular formula is C10H22N2OS. The van der Waals surface area contributed by atoms with Crippen molar-refractivity contribution in [1.82, 2.24) is 4.90 Å². The van der Waals surface area contributed by atoms with E-state index >= 15 is 0 Å². The van der Waals surface area contributed by atoms with Crippen molar-refractivity contribution in [3.8, 4) is 0 Å². The lowest BCUT2D eigenvalue weighted by Gasteiger charge is -2.26. The van der Waals surface area contributed by atoms with Crippen molar-refractivity contribution in [2.24, 2.45) is 5.73 Å². The quantitative estimate of drug-likeness (QED) is 0.656. The molecule has 14 heavy (non-hydrogen) atoms. The summed E-state index contributed by atoms with van der Waals surface area (Å²) in [5.74, 6) is 0. The van der Waals surface area contributed by atoms with Crippen molar-refractivity contribution in [3.63, 3.8) is 0 Å². The highest BCUT2D eigenvalue weighted by atomic mass is 32.1. The highest BCUT2D eigenvalue weighted by molar-refractivity contribution is 7.80. The summed E-state index contributed by atoms with van der Waals surface area (Å²) in [6.45, 7) is 6.11. The Morgan fingerprint density at radius 3 is 2.43 bits per heavy atom. The van der Waals surface area contributed by atoms with Gasteiger partial charge in [-0.1, -0.05) is 12.2 Å². The summed E-state index contributed by atoms with van der Waals surface area (Å²) in [6.07, 6.45) is 1.80. The number of rotatable bonds is 7. The molecule has 0 saturated heterocycles. The van der Waals surface area contributed by atoms with Crippen LogP contribution in [0.5, 0.6) is 0 Å². The van der Waals surface area contributed by atoms with Crippen LogP contribution in [0.15, 0.2) is 0 Å². The zero-order valence-electron chi connectivity index (χ0n) is 9.67. The minimum atomic E-state index is -0.0442. The van der Waals surface area contributed by atoms with Gasteiger partial charge in [0.1, 0.15) is 0 Å². The van der Waals surface area contributed by atoms with E-state index in [2.05, 4.69) is 25.8 Å². The van der Waals surface area contributed by atoms with E-state index in [1.807, 2.05) is 0 Å². The number of nitrogens with zero attached hydrogens (tertiary/aromatic N) is 1. The predicted octanol–water partition coefficient (Wildman–Crippen LogP) is 1.41. The summed E-state index contributed by atoms with van der Waals surface area (Å²) < 4.78 is 5.34. The van der Waals surface area contributed by atoms with Gasteiger partial charge in [-0.25, -0.2) is 0 Å². The lowest BCUT2D eigenvalue weighted by Crippen LogP contribution is -2.31. The Hall–Kier alpha value is -0.190. The van der Waals surface area contributed by atoms with Gasteiger partial charge in [0.2, 0.25) is 0 Å². The van der Waals surface area contributed by atoms with Gasteiger partial charge < -0.3 is 15.4 Å². The SMILES string of the molecule is COC(C)(C)CCN(C)CCC(N)=S. The minimum absolute atomic E-state index is 0.0442. The van der Waals surface area contributed by atoms with Gasteiger partial charge >= 0.3 is 0 Å². The first-order chi connectivity index (χ1) is 6.37. The van der Waals surface area contributed by atoms with E-state index in [0.29, 0.717) is 4.99 Å². The third-order valence-electron chi connectivity index (χ3n) is 2.39. The molecule has 0 rings (SSSR count). The molecule has 0 aliphatic heterocycles. The highest BCUT2D eigenvalue weighted by Crippen LogP contribution is 2.12. The number of hydrogen-bond donors (Lipinski definition) is 1. The van der Waals surface area contributed by atoms with Crippen molar-refractivity contribution in [3.05, 3.63) is 0 Å². The van der Waals surface area contributed by atoms with Gasteiger partial charge in [0.15, 0.2) is 0 Å². The van der Waals surface area contributed by atoms with Gasteiger partial charge in [0.25, 0.3) is 0 Å². The molecule has 3 nitrogen and oxygen atoms in total. The van der Waals surface area contributed by atoms with Crippen LogP contribution in [0.25, 0.3) is 0 Å². The second-order valence-electron chi connectivity index (χ2n) is 4.23. The molecule has 0 spiro atoms. The number of methoxy groups -OCH3 is 1. The van der Waals surface area contributed by atoms with Crippen molar-refractivity contribution < 1.29 is 4.74 Å². The molecule has 0 atom stereocenters. The second-order valence-corrected chi connectivity index (χ2v) is 4.76.